The van der Waals surface area contributed by atoms with Crippen LogP contribution in [0.5, 0.6) is 0 Å². The molecule has 0 spiro atoms. The van der Waals surface area contributed by atoms with Crippen LogP contribution in [-0.4, -0.2) is 135 Å². The van der Waals surface area contributed by atoms with Crippen molar-refractivity contribution in [2.24, 2.45) is 11.8 Å². The monoisotopic (exact) mass is 1500 g/mol. The van der Waals surface area contributed by atoms with Crippen molar-refractivity contribution in [3.8, 4) is 0 Å². The van der Waals surface area contributed by atoms with Crippen LogP contribution >= 0.6 is 0 Å². The molecule has 0 aromatic carbocycles. The summed E-state index contributed by atoms with van der Waals surface area (Å²) >= 11 is 0. The summed E-state index contributed by atoms with van der Waals surface area (Å²) in [6.45, 7) is 24.3. The van der Waals surface area contributed by atoms with E-state index in [4.69, 9.17) is 18.9 Å². The van der Waals surface area contributed by atoms with Crippen LogP contribution in [0.3, 0.4) is 0 Å². The molecule has 12 nitrogen and oxygen atoms in total. The number of piperidine rings is 1. The molecule has 628 valence electrons. The number of rotatable bonds is 85. The first kappa shape index (κ1) is 102. The van der Waals surface area contributed by atoms with Gasteiger partial charge in [-0.05, 0) is 180 Å². The van der Waals surface area contributed by atoms with Crippen molar-refractivity contribution >= 4 is 23.9 Å². The molecule has 0 saturated carbocycles. The molecule has 0 aromatic heterocycles. The van der Waals surface area contributed by atoms with Gasteiger partial charge < -0.3 is 38.8 Å². The summed E-state index contributed by atoms with van der Waals surface area (Å²) < 4.78 is 23.7. The van der Waals surface area contributed by atoms with Crippen molar-refractivity contribution < 1.29 is 43.2 Å². The first-order valence-corrected chi connectivity index (χ1v) is 47.6. The van der Waals surface area contributed by atoms with Crippen LogP contribution in [0.2, 0.25) is 0 Å². The molecule has 0 unspecified atom stereocenters. The molecule has 0 bridgehead atoms. The predicted molar refractivity (Wildman–Crippen MR) is 453 cm³/mol. The number of aliphatic hydroxyl groups is 1. The van der Waals surface area contributed by atoms with E-state index in [1.807, 2.05) is 0 Å². The average molecular weight is 1500 g/mol. The quantitative estimate of drug-likeness (QED) is 0.0353. The van der Waals surface area contributed by atoms with E-state index in [2.05, 4.69) is 56.2 Å². The van der Waals surface area contributed by atoms with E-state index >= 15 is 0 Å². The normalized spacial score (nSPS) is 13.3. The maximum Gasteiger partial charge on any atom is 0.306 e. The molecule has 1 rings (SSSR count). The number of ether oxygens (including phenoxy) is 4. The topological polar surface area (TPSA) is 135 Å². The van der Waals surface area contributed by atoms with Crippen LogP contribution in [0.1, 0.15) is 478 Å². The second-order valence-corrected chi connectivity index (χ2v) is 33.5. The highest BCUT2D eigenvalue weighted by Gasteiger charge is 2.28. The van der Waals surface area contributed by atoms with Crippen molar-refractivity contribution in [1.29, 1.82) is 0 Å². The third-order valence-corrected chi connectivity index (χ3v) is 23.3. The fourth-order valence-corrected chi connectivity index (χ4v) is 16.0. The van der Waals surface area contributed by atoms with Crippen molar-refractivity contribution in [3.05, 3.63) is 0 Å². The van der Waals surface area contributed by atoms with Gasteiger partial charge in [-0.2, -0.15) is 0 Å². The van der Waals surface area contributed by atoms with Crippen molar-refractivity contribution in [2.75, 3.05) is 78.7 Å². The van der Waals surface area contributed by atoms with Gasteiger partial charge in [-0.3, -0.25) is 19.2 Å². The van der Waals surface area contributed by atoms with Crippen LogP contribution in [-0.2, 0) is 38.1 Å². The number of carbonyl (C=O) groups excluding carboxylic acids is 4. The lowest BCUT2D eigenvalue weighted by molar-refractivity contribution is -0.151. The molecule has 0 radical (unpaired) electrons. The number of likely N-dealkylation sites (tertiary alicyclic amines) is 1. The molecular formula is C94H183N3O9. The lowest BCUT2D eigenvalue weighted by Crippen LogP contribution is -2.44. The Morgan fingerprint density at radius 2 is 0.566 bits per heavy atom. The summed E-state index contributed by atoms with van der Waals surface area (Å²) in [5, 5.41) is 11.1. The van der Waals surface area contributed by atoms with Gasteiger partial charge in [-0.25, -0.2) is 0 Å². The summed E-state index contributed by atoms with van der Waals surface area (Å²) in [7, 11) is 0. The van der Waals surface area contributed by atoms with Gasteiger partial charge in [0.2, 0.25) is 0 Å². The SMILES string of the molecule is CCCCCCCCCCCOC(=O)CCCCCN(CCCCCCCC(=O)OC(CCCCCCCC)CCCCCCCC)CCN1CCC([C@H](CO)CN(CCCCCCCC(=O)OC(CCCCCCCC)CCCCCCCC)CCCCCC(=O)OCCCCCCCCCCC)CC1. The maximum absolute atomic E-state index is 13.2. The number of hydrogen-bond donors (Lipinski definition) is 1. The third kappa shape index (κ3) is 68.5. The second kappa shape index (κ2) is 80.8. The minimum atomic E-state index is -0.0471. The smallest absolute Gasteiger partial charge is 0.306 e. The number of esters is 4. The fraction of sp³-hybridized carbons (Fsp3) is 0.957. The molecule has 0 aliphatic carbocycles. The van der Waals surface area contributed by atoms with Crippen LogP contribution in [0.25, 0.3) is 0 Å². The van der Waals surface area contributed by atoms with Crippen LogP contribution in [0.15, 0.2) is 0 Å². The van der Waals surface area contributed by atoms with Gasteiger partial charge in [0.1, 0.15) is 12.2 Å². The van der Waals surface area contributed by atoms with E-state index in [-0.39, 0.29) is 48.6 Å². The van der Waals surface area contributed by atoms with E-state index in [0.29, 0.717) is 44.8 Å². The Bertz CT molecular complexity index is 1820. The zero-order valence-electron chi connectivity index (χ0n) is 71.9. The number of aliphatic hydroxyl groups excluding tert-OH is 1. The Labute approximate surface area is 659 Å². The Morgan fingerprint density at radius 1 is 0.311 bits per heavy atom. The third-order valence-electron chi connectivity index (χ3n) is 23.3. The van der Waals surface area contributed by atoms with Crippen molar-refractivity contribution in [3.63, 3.8) is 0 Å². The molecule has 1 fully saturated rings. The predicted octanol–water partition coefficient (Wildman–Crippen LogP) is 26.7. The van der Waals surface area contributed by atoms with Gasteiger partial charge in [0.25, 0.3) is 0 Å². The molecule has 1 atom stereocenters. The molecule has 1 aliphatic heterocycles. The van der Waals surface area contributed by atoms with E-state index in [1.54, 1.807) is 0 Å². The zero-order valence-corrected chi connectivity index (χ0v) is 71.9. The molecule has 0 amide bonds. The molecule has 1 aliphatic rings. The van der Waals surface area contributed by atoms with Crippen LogP contribution in [0.4, 0.5) is 0 Å². The van der Waals surface area contributed by atoms with Gasteiger partial charge in [0, 0.05) is 51.9 Å². The largest absolute Gasteiger partial charge is 0.466 e. The number of unbranched alkanes of at least 4 members (excludes halogenated alkanes) is 48. The zero-order chi connectivity index (χ0) is 76.7. The van der Waals surface area contributed by atoms with Gasteiger partial charge in [0.15, 0.2) is 0 Å². The van der Waals surface area contributed by atoms with Gasteiger partial charge in [-0.1, -0.05) is 324 Å². The molecule has 1 saturated heterocycles. The lowest BCUT2D eigenvalue weighted by atomic mass is 9.84. The Morgan fingerprint density at radius 3 is 0.877 bits per heavy atom. The minimum absolute atomic E-state index is 0.00613. The highest BCUT2D eigenvalue weighted by atomic mass is 16.6. The average Bonchev–Trinajstić information content (AvgIpc) is 0.870. The van der Waals surface area contributed by atoms with E-state index in [1.165, 1.54) is 238 Å². The highest BCUT2D eigenvalue weighted by Crippen LogP contribution is 2.28. The Kier molecular flexibility index (Phi) is 77.5. The molecule has 0 aromatic rings. The summed E-state index contributed by atoms with van der Waals surface area (Å²) in [5.74, 6) is 0.675. The summed E-state index contributed by atoms with van der Waals surface area (Å²) in [6.07, 6.45) is 78.3. The molecular weight excluding hydrogens is 1320 g/mol. The second-order valence-electron chi connectivity index (χ2n) is 33.5. The van der Waals surface area contributed by atoms with Gasteiger partial charge >= 0.3 is 23.9 Å². The van der Waals surface area contributed by atoms with Crippen molar-refractivity contribution in [1.82, 2.24) is 14.7 Å². The van der Waals surface area contributed by atoms with E-state index in [9.17, 15) is 24.3 Å². The molecule has 12 heteroatoms. The summed E-state index contributed by atoms with van der Waals surface area (Å²) in [4.78, 5) is 59.9. The Balaban J connectivity index is 2.90. The summed E-state index contributed by atoms with van der Waals surface area (Å²) in [6, 6.07) is 0. The van der Waals surface area contributed by atoms with E-state index in [0.717, 1.165) is 232 Å². The standard InChI is InChI=1S/C94H183N3O9/c1-7-13-19-25-31-33-35-47-63-83-103-91(99)69-57-49-61-76-95(75-59-45-37-43-55-71-93(101)105-89(65-51-39-27-21-15-9-3)66-52-40-28-22-16-10-4)81-82-96-79-73-87(74-80-96)88(86-98)85-97(78-62-50-58-70-92(100)104-84-64-48-36-34-32-26-20-14-8-2)77-60-46-38-44-56-72-94(102)106-90(67-53-41-29-23-17-11-5)68-54-42-30-24-18-12-6/h87-90,98H,7-86H2,1-6H3/t88-/m0/s1. The molecule has 1 heterocycles. The molecule has 106 heavy (non-hydrogen) atoms. The summed E-state index contributed by atoms with van der Waals surface area (Å²) in [5.41, 5.74) is 0. The minimum Gasteiger partial charge on any atom is -0.466 e. The lowest BCUT2D eigenvalue weighted by Gasteiger charge is -2.38. The van der Waals surface area contributed by atoms with Crippen molar-refractivity contribution in [2.45, 2.75) is 490 Å². The first-order valence-electron chi connectivity index (χ1n) is 47.6. The van der Waals surface area contributed by atoms with Crippen LogP contribution in [0, 0.1) is 11.8 Å². The van der Waals surface area contributed by atoms with E-state index < -0.39 is 0 Å². The van der Waals surface area contributed by atoms with Gasteiger partial charge in [0.05, 0.1) is 13.2 Å². The number of nitrogens with zero attached hydrogens (tertiary/aromatic N) is 3. The fourth-order valence-electron chi connectivity index (χ4n) is 16.0. The molecule has 1 N–H and O–H groups in total. The maximum atomic E-state index is 13.2. The number of hydrogen-bond acceptors (Lipinski definition) is 12. The Hall–Kier alpha value is -2.28. The van der Waals surface area contributed by atoms with Gasteiger partial charge in [-0.15, -0.1) is 0 Å². The first-order chi connectivity index (χ1) is 52.1. The highest BCUT2D eigenvalue weighted by molar-refractivity contribution is 5.70. The van der Waals surface area contributed by atoms with Crippen LogP contribution < -0.4 is 0 Å². The number of carbonyl (C=O) groups is 4.